The third-order valence-electron chi connectivity index (χ3n) is 7.66. The number of rotatable bonds is 7. The quantitative estimate of drug-likeness (QED) is 0.266. The van der Waals surface area contributed by atoms with Crippen LogP contribution in [0, 0.1) is 0 Å². The van der Waals surface area contributed by atoms with Gasteiger partial charge in [-0.2, -0.15) is 15.3 Å². The summed E-state index contributed by atoms with van der Waals surface area (Å²) in [5.41, 5.74) is 9.27. The minimum Gasteiger partial charge on any atom is -0.386 e. The lowest BCUT2D eigenvalue weighted by Crippen LogP contribution is -2.52. The molecule has 0 spiro atoms. The second kappa shape index (κ2) is 10.8. The van der Waals surface area contributed by atoms with E-state index in [2.05, 4.69) is 20.6 Å². The average Bonchev–Trinajstić information content (AvgIpc) is 3.55. The topological polar surface area (TPSA) is 159 Å². The van der Waals surface area contributed by atoms with Crippen molar-refractivity contribution < 1.29 is 24.2 Å². The maximum Gasteiger partial charge on any atom is 0.269 e. The van der Waals surface area contributed by atoms with Crippen molar-refractivity contribution in [2.45, 2.75) is 43.6 Å². The number of nitrogens with two attached hydrogens (primary N) is 1. The number of fused-ring (bicyclic) bond motifs is 2. The van der Waals surface area contributed by atoms with E-state index < -0.39 is 42.4 Å². The predicted octanol–water partition coefficient (Wildman–Crippen LogP) is 1.57. The van der Waals surface area contributed by atoms with Gasteiger partial charge < -0.3 is 21.3 Å². The fourth-order valence-corrected chi connectivity index (χ4v) is 5.62. The molecule has 2 aromatic heterocycles. The molecule has 5 atom stereocenters. The summed E-state index contributed by atoms with van der Waals surface area (Å²) in [5.74, 6) is -1.24. The number of hydrogen-bond acceptors (Lipinski definition) is 8. The van der Waals surface area contributed by atoms with Gasteiger partial charge in [0, 0.05) is 23.9 Å². The van der Waals surface area contributed by atoms with Gasteiger partial charge in [-0.05, 0) is 34.9 Å². The molecule has 5 unspecified atom stereocenters. The monoisotopic (exact) mass is 557 g/mol. The van der Waals surface area contributed by atoms with Gasteiger partial charge in [-0.25, -0.2) is 4.39 Å². The molecular weight excluding hydrogens is 529 g/mol. The number of hydrogen-bond donors (Lipinski definition) is 4. The van der Waals surface area contributed by atoms with Crippen LogP contribution in [0.3, 0.4) is 0 Å². The number of nitrogens with one attached hydrogen (secondary N) is 1. The van der Waals surface area contributed by atoms with Gasteiger partial charge in [0.15, 0.2) is 5.69 Å². The Balaban J connectivity index is 1.22. The molecule has 3 heterocycles. The molecule has 1 aliphatic heterocycles. The van der Waals surface area contributed by atoms with Gasteiger partial charge in [0.2, 0.25) is 5.91 Å². The van der Waals surface area contributed by atoms with E-state index >= 15 is 0 Å². The Bertz CT molecular complexity index is 1640. The normalized spacial score (nSPS) is 22.9. The second-order valence-electron chi connectivity index (χ2n) is 10.3. The summed E-state index contributed by atoms with van der Waals surface area (Å²) in [6.07, 6.45) is 2.96. The molecule has 5 N–H and O–H groups in total. The summed E-state index contributed by atoms with van der Waals surface area (Å²) in [6, 6.07) is 12.8. The van der Waals surface area contributed by atoms with E-state index in [1.54, 1.807) is 42.7 Å². The summed E-state index contributed by atoms with van der Waals surface area (Å²) in [6.45, 7) is -0.304. The number of aliphatic hydroxyl groups excluding tert-OH is 2. The Hall–Kier alpha value is -4.52. The van der Waals surface area contributed by atoms with Crippen molar-refractivity contribution >= 4 is 28.8 Å². The van der Waals surface area contributed by atoms with E-state index in [9.17, 15) is 24.2 Å². The van der Waals surface area contributed by atoms with E-state index in [-0.39, 0.29) is 25.2 Å². The Morgan fingerprint density at radius 2 is 1.98 bits per heavy atom. The molecule has 0 saturated carbocycles. The minimum absolute atomic E-state index is 0.0218. The summed E-state index contributed by atoms with van der Waals surface area (Å²) in [4.78, 5) is 26.9. The van der Waals surface area contributed by atoms with Crippen molar-refractivity contribution in [3.8, 4) is 11.1 Å². The van der Waals surface area contributed by atoms with E-state index in [0.717, 1.165) is 16.7 Å². The molecule has 1 fully saturated rings. The Kier molecular flexibility index (Phi) is 7.03. The predicted molar refractivity (Wildman–Crippen MR) is 148 cm³/mol. The highest BCUT2D eigenvalue weighted by Gasteiger charge is 2.41. The molecule has 1 aliphatic carbocycles. The van der Waals surface area contributed by atoms with Gasteiger partial charge in [-0.1, -0.05) is 42.5 Å². The number of benzene rings is 2. The first kappa shape index (κ1) is 26.7. The van der Waals surface area contributed by atoms with Crippen LogP contribution in [0.15, 0.2) is 67.0 Å². The first-order valence-electron chi connectivity index (χ1n) is 13.2. The molecule has 2 aliphatic rings. The first-order valence-corrected chi connectivity index (χ1v) is 13.2. The number of alkyl halides is 1. The molecule has 210 valence electrons. The zero-order chi connectivity index (χ0) is 28.7. The Morgan fingerprint density at radius 1 is 1.15 bits per heavy atom. The van der Waals surface area contributed by atoms with Crippen LogP contribution in [0.25, 0.3) is 28.1 Å². The number of aliphatic hydroxyl groups is 2. The number of aromatic nitrogens is 4. The Labute approximate surface area is 234 Å². The van der Waals surface area contributed by atoms with Crippen LogP contribution >= 0.6 is 0 Å². The van der Waals surface area contributed by atoms with Gasteiger partial charge in [0.1, 0.15) is 18.5 Å². The van der Waals surface area contributed by atoms with Crippen molar-refractivity contribution in [3.05, 3.63) is 83.8 Å². The summed E-state index contributed by atoms with van der Waals surface area (Å²) in [7, 11) is 0. The number of primary amides is 1. The highest BCUT2D eigenvalue weighted by Crippen LogP contribution is 2.30. The van der Waals surface area contributed by atoms with Crippen molar-refractivity contribution in [1.82, 2.24) is 30.2 Å². The molecular formula is C29H28FN7O4. The fourth-order valence-electron chi connectivity index (χ4n) is 5.62. The number of amides is 2. The van der Waals surface area contributed by atoms with Gasteiger partial charge in [-0.15, -0.1) is 0 Å². The molecule has 41 heavy (non-hydrogen) atoms. The number of carbonyl (C=O) groups excluding carboxylic acids is 2. The van der Waals surface area contributed by atoms with Crippen LogP contribution in [0.4, 0.5) is 4.39 Å². The number of halogens is 1. The molecule has 0 radical (unpaired) electrons. The van der Waals surface area contributed by atoms with Crippen LogP contribution in [-0.2, 0) is 11.3 Å². The summed E-state index contributed by atoms with van der Waals surface area (Å²) >= 11 is 0. The van der Waals surface area contributed by atoms with Gasteiger partial charge in [-0.3, -0.25) is 19.2 Å². The molecule has 4 aromatic rings. The molecule has 0 bridgehead atoms. The first-order chi connectivity index (χ1) is 19.8. The zero-order valence-electron chi connectivity index (χ0n) is 21.8. The van der Waals surface area contributed by atoms with Crippen LogP contribution in [0.5, 0.6) is 0 Å². The average molecular weight is 558 g/mol. The Morgan fingerprint density at radius 3 is 2.76 bits per heavy atom. The largest absolute Gasteiger partial charge is 0.386 e. The van der Waals surface area contributed by atoms with Gasteiger partial charge in [0.25, 0.3) is 5.91 Å². The van der Waals surface area contributed by atoms with E-state index in [1.165, 1.54) is 9.58 Å². The molecule has 6 rings (SSSR count). The summed E-state index contributed by atoms with van der Waals surface area (Å²) in [5, 5.41) is 37.3. The fraction of sp³-hybridized carbons (Fsp3) is 0.276. The van der Waals surface area contributed by atoms with Crippen molar-refractivity contribution in [2.75, 3.05) is 6.54 Å². The lowest BCUT2D eigenvalue weighted by molar-refractivity contribution is -0.131. The highest BCUT2D eigenvalue weighted by molar-refractivity contribution is 6.05. The molecule has 2 aromatic carbocycles. The van der Waals surface area contributed by atoms with Crippen LogP contribution < -0.4 is 11.1 Å². The van der Waals surface area contributed by atoms with E-state index in [4.69, 9.17) is 5.73 Å². The van der Waals surface area contributed by atoms with Crippen molar-refractivity contribution in [2.24, 2.45) is 5.73 Å². The molecule has 12 heteroatoms. The zero-order valence-corrected chi connectivity index (χ0v) is 21.8. The van der Waals surface area contributed by atoms with Gasteiger partial charge >= 0.3 is 0 Å². The van der Waals surface area contributed by atoms with Crippen LogP contribution in [0.1, 0.15) is 34.1 Å². The third-order valence-corrected chi connectivity index (χ3v) is 7.66. The van der Waals surface area contributed by atoms with Crippen LogP contribution in [-0.4, -0.2) is 77.9 Å². The summed E-state index contributed by atoms with van der Waals surface area (Å²) < 4.78 is 16.0. The number of likely N-dealkylation sites (tertiary alicyclic amines) is 1. The maximum atomic E-state index is 14.6. The molecule has 1 saturated heterocycles. The third kappa shape index (κ3) is 5.08. The van der Waals surface area contributed by atoms with Gasteiger partial charge in [0.05, 0.1) is 36.5 Å². The van der Waals surface area contributed by atoms with Crippen molar-refractivity contribution in [1.29, 1.82) is 0 Å². The molecule has 11 nitrogen and oxygen atoms in total. The smallest absolute Gasteiger partial charge is 0.269 e. The SMILES string of the molecule is NC(=O)c1nn(CC(O)N2CC(F)CC2C(=O)NC2C=Cc3ccccc3C2O)c2ccc(-c3ccnnc3)cc12. The number of carbonyl (C=O) groups is 2. The van der Waals surface area contributed by atoms with Crippen molar-refractivity contribution in [3.63, 3.8) is 0 Å². The minimum atomic E-state index is -1.33. The lowest BCUT2D eigenvalue weighted by atomic mass is 9.91. The molecule has 2 amide bonds. The van der Waals surface area contributed by atoms with E-state index in [1.807, 2.05) is 30.3 Å². The van der Waals surface area contributed by atoms with Crippen LogP contribution in [0.2, 0.25) is 0 Å². The second-order valence-corrected chi connectivity index (χ2v) is 10.3. The van der Waals surface area contributed by atoms with E-state index in [0.29, 0.717) is 16.5 Å². The standard InChI is InChI=1S/C29H28FN7O4/c30-19-12-24(29(41)34-22-7-5-16-3-1-2-4-20(16)27(22)39)36(14-19)25(38)15-37-23-8-6-17(18-9-10-32-33-13-18)11-21(23)26(35-37)28(31)40/h1-11,13,19,22,24-25,27,38-39H,12,14-15H2,(H2,31,40)(H,34,41). The lowest BCUT2D eigenvalue weighted by Gasteiger charge is -2.31. The number of nitrogens with zero attached hydrogens (tertiary/aromatic N) is 5. The maximum absolute atomic E-state index is 14.6. The highest BCUT2D eigenvalue weighted by atomic mass is 19.1.